The first-order valence-corrected chi connectivity index (χ1v) is 8.97. The van der Waals surface area contributed by atoms with Gasteiger partial charge < -0.3 is 14.8 Å². The fraction of sp³-hybridized carbons (Fsp3) is 0.111. The number of methoxy groups -OCH3 is 2. The number of nitrogens with one attached hydrogen (secondary N) is 1. The average Bonchev–Trinajstić information content (AvgIpc) is 3.00. The average molecular weight is 410 g/mol. The standard InChI is InChI=1S/C18H13Cl2NO4S/c1-24-12-8-7-11-13(19)16(26-15(11)14(12)20)17(22)21-10-5-3-9(4-6-10)18(23)25-2/h3-8H,1-2H3,(H,21,22). The van der Waals surface area contributed by atoms with Gasteiger partial charge in [-0.25, -0.2) is 4.79 Å². The van der Waals surface area contributed by atoms with Crippen LogP contribution in [0.3, 0.4) is 0 Å². The highest BCUT2D eigenvalue weighted by Crippen LogP contribution is 2.43. The SMILES string of the molecule is COC(=O)c1ccc(NC(=O)c2sc3c(Cl)c(OC)ccc3c2Cl)cc1. The molecule has 0 bridgehead atoms. The lowest BCUT2D eigenvalue weighted by Crippen LogP contribution is -2.11. The molecule has 0 saturated carbocycles. The Morgan fingerprint density at radius 2 is 1.69 bits per heavy atom. The maximum Gasteiger partial charge on any atom is 0.337 e. The quantitative estimate of drug-likeness (QED) is 0.597. The van der Waals surface area contributed by atoms with Crippen LogP contribution in [0, 0.1) is 0 Å². The van der Waals surface area contributed by atoms with E-state index in [1.807, 2.05) is 0 Å². The number of hydrogen-bond acceptors (Lipinski definition) is 5. The van der Waals surface area contributed by atoms with Crippen molar-refractivity contribution in [3.63, 3.8) is 0 Å². The molecule has 0 fully saturated rings. The first-order chi connectivity index (χ1) is 12.5. The summed E-state index contributed by atoms with van der Waals surface area (Å²) in [5, 5.41) is 4.19. The Kier molecular flexibility index (Phi) is 5.36. The predicted octanol–water partition coefficient (Wildman–Crippen LogP) is 5.26. The van der Waals surface area contributed by atoms with Crippen molar-refractivity contribution in [1.82, 2.24) is 0 Å². The molecule has 0 spiro atoms. The van der Waals surface area contributed by atoms with Crippen LogP contribution in [0.5, 0.6) is 5.75 Å². The molecule has 26 heavy (non-hydrogen) atoms. The minimum Gasteiger partial charge on any atom is -0.495 e. The van der Waals surface area contributed by atoms with Gasteiger partial charge in [0.2, 0.25) is 0 Å². The van der Waals surface area contributed by atoms with Gasteiger partial charge >= 0.3 is 5.97 Å². The number of anilines is 1. The van der Waals surface area contributed by atoms with Crippen LogP contribution >= 0.6 is 34.5 Å². The van der Waals surface area contributed by atoms with Gasteiger partial charge in [-0.05, 0) is 36.4 Å². The summed E-state index contributed by atoms with van der Waals surface area (Å²) < 4.78 is 10.5. The van der Waals surface area contributed by atoms with Crippen molar-refractivity contribution in [2.24, 2.45) is 0 Å². The van der Waals surface area contributed by atoms with Crippen LogP contribution in [0.1, 0.15) is 20.0 Å². The van der Waals surface area contributed by atoms with Crippen molar-refractivity contribution in [2.45, 2.75) is 0 Å². The van der Waals surface area contributed by atoms with E-state index in [4.69, 9.17) is 27.9 Å². The zero-order chi connectivity index (χ0) is 18.8. The summed E-state index contributed by atoms with van der Waals surface area (Å²) in [5.74, 6) is -0.293. The predicted molar refractivity (Wildman–Crippen MR) is 104 cm³/mol. The fourth-order valence-electron chi connectivity index (χ4n) is 2.38. The first kappa shape index (κ1) is 18.5. The normalized spacial score (nSPS) is 10.6. The molecule has 0 aliphatic heterocycles. The van der Waals surface area contributed by atoms with E-state index in [9.17, 15) is 9.59 Å². The Morgan fingerprint density at radius 1 is 1.00 bits per heavy atom. The lowest BCUT2D eigenvalue weighted by molar-refractivity contribution is 0.0600. The number of esters is 1. The Bertz CT molecular complexity index is 999. The second-order valence-corrected chi connectivity index (χ2v) is 7.00. The molecular formula is C18H13Cl2NO4S. The number of carbonyl (C=O) groups is 2. The molecule has 0 saturated heterocycles. The molecule has 8 heteroatoms. The monoisotopic (exact) mass is 409 g/mol. The molecule has 1 N–H and O–H groups in total. The third-order valence-electron chi connectivity index (χ3n) is 3.69. The summed E-state index contributed by atoms with van der Waals surface area (Å²) in [7, 11) is 2.83. The van der Waals surface area contributed by atoms with Gasteiger partial charge in [-0.15, -0.1) is 11.3 Å². The molecule has 2 aromatic carbocycles. The first-order valence-electron chi connectivity index (χ1n) is 7.40. The number of hydrogen-bond donors (Lipinski definition) is 1. The maximum absolute atomic E-state index is 12.6. The number of carbonyl (C=O) groups excluding carboxylic acids is 2. The van der Waals surface area contributed by atoms with Gasteiger partial charge in [0.05, 0.1) is 29.5 Å². The van der Waals surface area contributed by atoms with Crippen molar-refractivity contribution in [3.05, 3.63) is 56.9 Å². The summed E-state index contributed by atoms with van der Waals surface area (Å²) >= 11 is 13.9. The van der Waals surface area contributed by atoms with E-state index in [0.29, 0.717) is 42.0 Å². The molecule has 1 heterocycles. The Labute approximate surface area is 163 Å². The molecule has 5 nitrogen and oxygen atoms in total. The Balaban J connectivity index is 1.89. The summed E-state index contributed by atoms with van der Waals surface area (Å²) in [6.07, 6.45) is 0. The molecule has 1 aromatic heterocycles. The van der Waals surface area contributed by atoms with E-state index in [2.05, 4.69) is 10.1 Å². The number of ether oxygens (including phenoxy) is 2. The molecule has 0 atom stereocenters. The molecule has 3 rings (SSSR count). The lowest BCUT2D eigenvalue weighted by atomic mass is 10.2. The second kappa shape index (κ2) is 7.53. The maximum atomic E-state index is 12.6. The van der Waals surface area contributed by atoms with E-state index in [1.54, 1.807) is 36.4 Å². The highest BCUT2D eigenvalue weighted by Gasteiger charge is 2.20. The van der Waals surface area contributed by atoms with Crippen molar-refractivity contribution in [2.75, 3.05) is 19.5 Å². The van der Waals surface area contributed by atoms with Crippen molar-refractivity contribution >= 4 is 62.2 Å². The second-order valence-electron chi connectivity index (χ2n) is 5.23. The van der Waals surface area contributed by atoms with E-state index in [1.165, 1.54) is 25.6 Å². The van der Waals surface area contributed by atoms with E-state index >= 15 is 0 Å². The zero-order valence-corrected chi connectivity index (χ0v) is 16.1. The zero-order valence-electron chi connectivity index (χ0n) is 13.8. The van der Waals surface area contributed by atoms with Crippen molar-refractivity contribution < 1.29 is 19.1 Å². The van der Waals surface area contributed by atoms with Crippen LogP contribution < -0.4 is 10.1 Å². The van der Waals surface area contributed by atoms with E-state index in [0.717, 1.165) is 0 Å². The summed E-state index contributed by atoms with van der Waals surface area (Å²) in [5.41, 5.74) is 0.920. The topological polar surface area (TPSA) is 64.6 Å². The van der Waals surface area contributed by atoms with Gasteiger partial charge in [0.1, 0.15) is 15.6 Å². The van der Waals surface area contributed by atoms with Gasteiger partial charge in [0.25, 0.3) is 5.91 Å². The minimum absolute atomic E-state index is 0.332. The van der Waals surface area contributed by atoms with Crippen LogP contribution in [-0.2, 0) is 4.74 Å². The van der Waals surface area contributed by atoms with Gasteiger partial charge in [0.15, 0.2) is 0 Å². The van der Waals surface area contributed by atoms with Crippen LogP contribution in [0.15, 0.2) is 36.4 Å². The minimum atomic E-state index is -0.445. The molecule has 1 amide bonds. The summed E-state index contributed by atoms with van der Waals surface area (Å²) in [4.78, 5) is 24.4. The lowest BCUT2D eigenvalue weighted by Gasteiger charge is -2.05. The summed E-state index contributed by atoms with van der Waals surface area (Å²) in [6, 6.07) is 9.82. The molecule has 134 valence electrons. The molecule has 0 aliphatic rings. The molecular weight excluding hydrogens is 397 g/mol. The molecule has 0 aliphatic carbocycles. The Morgan fingerprint density at radius 3 is 2.31 bits per heavy atom. The number of halogens is 2. The molecule has 3 aromatic rings. The summed E-state index contributed by atoms with van der Waals surface area (Å²) in [6.45, 7) is 0. The third kappa shape index (κ3) is 3.35. The van der Waals surface area contributed by atoms with Crippen LogP contribution in [0.25, 0.3) is 10.1 Å². The number of thiophene rings is 1. The number of fused-ring (bicyclic) bond motifs is 1. The highest BCUT2D eigenvalue weighted by molar-refractivity contribution is 7.22. The van der Waals surface area contributed by atoms with Gasteiger partial charge in [-0.3, -0.25) is 4.79 Å². The number of benzene rings is 2. The van der Waals surface area contributed by atoms with Crippen LogP contribution in [0.2, 0.25) is 10.0 Å². The van der Waals surface area contributed by atoms with Gasteiger partial charge in [0, 0.05) is 11.1 Å². The van der Waals surface area contributed by atoms with E-state index in [-0.39, 0.29) is 5.91 Å². The van der Waals surface area contributed by atoms with E-state index < -0.39 is 5.97 Å². The van der Waals surface area contributed by atoms with Crippen LogP contribution in [0.4, 0.5) is 5.69 Å². The number of rotatable bonds is 4. The van der Waals surface area contributed by atoms with Gasteiger partial charge in [-0.2, -0.15) is 0 Å². The highest BCUT2D eigenvalue weighted by atomic mass is 35.5. The Hall–Kier alpha value is -2.28. The molecule has 0 unspecified atom stereocenters. The van der Waals surface area contributed by atoms with Crippen molar-refractivity contribution in [1.29, 1.82) is 0 Å². The smallest absolute Gasteiger partial charge is 0.337 e. The fourth-order valence-corrected chi connectivity index (χ4v) is 4.17. The van der Waals surface area contributed by atoms with Crippen LogP contribution in [-0.4, -0.2) is 26.1 Å². The third-order valence-corrected chi connectivity index (χ3v) is 5.91. The number of amides is 1. The van der Waals surface area contributed by atoms with Gasteiger partial charge in [-0.1, -0.05) is 23.2 Å². The molecule has 0 radical (unpaired) electrons. The van der Waals surface area contributed by atoms with Crippen molar-refractivity contribution in [3.8, 4) is 5.75 Å². The largest absolute Gasteiger partial charge is 0.495 e.